The van der Waals surface area contributed by atoms with Crippen LogP contribution in [0.15, 0.2) is 52.2 Å². The first-order valence-electron chi connectivity index (χ1n) is 8.29. The number of thioether (sulfide) groups is 1. The first-order chi connectivity index (χ1) is 12.4. The van der Waals surface area contributed by atoms with Crippen molar-refractivity contribution in [3.05, 3.63) is 58.0 Å². The van der Waals surface area contributed by atoms with Crippen molar-refractivity contribution < 1.29 is 4.79 Å². The second-order valence-electron chi connectivity index (χ2n) is 6.06. The van der Waals surface area contributed by atoms with E-state index in [0.29, 0.717) is 17.1 Å². The van der Waals surface area contributed by atoms with E-state index in [4.69, 9.17) is 11.6 Å². The Morgan fingerprint density at radius 3 is 2.42 bits per heavy atom. The largest absolute Gasteiger partial charge is 0.328 e. The molecule has 1 N–H and O–H groups in total. The highest BCUT2D eigenvalue weighted by Crippen LogP contribution is 2.28. The Morgan fingerprint density at radius 2 is 1.77 bits per heavy atom. The van der Waals surface area contributed by atoms with Gasteiger partial charge in [-0.25, -0.2) is 4.79 Å². The van der Waals surface area contributed by atoms with Crippen LogP contribution in [-0.2, 0) is 18.9 Å². The molecular formula is C19H20ClN3O2S. The summed E-state index contributed by atoms with van der Waals surface area (Å²) in [5, 5.41) is 3.42. The van der Waals surface area contributed by atoms with Gasteiger partial charge in [-0.2, -0.15) is 0 Å². The number of aryl methyl sites for hydroxylation is 2. The van der Waals surface area contributed by atoms with Gasteiger partial charge in [0.2, 0.25) is 5.91 Å². The molecule has 2 aromatic carbocycles. The molecule has 136 valence electrons. The first kappa shape index (κ1) is 18.6. The predicted molar refractivity (Wildman–Crippen MR) is 108 cm³/mol. The van der Waals surface area contributed by atoms with Crippen molar-refractivity contribution in [1.29, 1.82) is 0 Å². The average molecular weight is 390 g/mol. The Kier molecular flexibility index (Phi) is 5.44. The minimum absolute atomic E-state index is 0.0623. The van der Waals surface area contributed by atoms with E-state index in [2.05, 4.69) is 5.32 Å². The van der Waals surface area contributed by atoms with E-state index in [9.17, 15) is 9.59 Å². The number of amides is 1. The summed E-state index contributed by atoms with van der Waals surface area (Å²) in [5.74, 6) is -0.0623. The number of hydrogen-bond donors (Lipinski definition) is 1. The van der Waals surface area contributed by atoms with Crippen molar-refractivity contribution in [1.82, 2.24) is 9.13 Å². The van der Waals surface area contributed by atoms with Crippen LogP contribution in [0.1, 0.15) is 13.3 Å². The lowest BCUT2D eigenvalue weighted by Crippen LogP contribution is -2.24. The van der Waals surface area contributed by atoms with Gasteiger partial charge in [-0.1, -0.05) is 18.5 Å². The molecule has 3 rings (SSSR count). The fourth-order valence-electron chi connectivity index (χ4n) is 2.81. The summed E-state index contributed by atoms with van der Waals surface area (Å²) in [6, 6.07) is 13.0. The van der Waals surface area contributed by atoms with Gasteiger partial charge in [-0.15, -0.1) is 11.8 Å². The number of nitrogens with zero attached hydrogens (tertiary/aromatic N) is 2. The molecule has 0 unspecified atom stereocenters. The van der Waals surface area contributed by atoms with E-state index >= 15 is 0 Å². The molecule has 0 spiro atoms. The molecule has 0 aliphatic rings. The molecule has 1 atom stereocenters. The van der Waals surface area contributed by atoms with Crippen molar-refractivity contribution in [3.8, 4) is 0 Å². The number of carbonyl (C=O) groups is 1. The van der Waals surface area contributed by atoms with Crippen molar-refractivity contribution in [3.63, 3.8) is 0 Å². The molecular weight excluding hydrogens is 370 g/mol. The van der Waals surface area contributed by atoms with Crippen LogP contribution in [0.5, 0.6) is 0 Å². The highest BCUT2D eigenvalue weighted by Gasteiger charge is 2.18. The Morgan fingerprint density at radius 1 is 1.12 bits per heavy atom. The third-order valence-corrected chi connectivity index (χ3v) is 5.92. The monoisotopic (exact) mass is 389 g/mol. The number of halogens is 1. The number of benzene rings is 2. The van der Waals surface area contributed by atoms with Gasteiger partial charge in [0.05, 0.1) is 16.3 Å². The van der Waals surface area contributed by atoms with Crippen LogP contribution in [-0.4, -0.2) is 20.3 Å². The fraction of sp³-hybridized carbons (Fsp3) is 0.263. The number of carbonyl (C=O) groups excluding carboxylic acids is 1. The average Bonchev–Trinajstić information content (AvgIpc) is 2.85. The van der Waals surface area contributed by atoms with Gasteiger partial charge in [0, 0.05) is 29.7 Å². The van der Waals surface area contributed by atoms with E-state index in [0.717, 1.165) is 15.9 Å². The summed E-state index contributed by atoms with van der Waals surface area (Å²) in [7, 11) is 3.46. The number of hydrogen-bond acceptors (Lipinski definition) is 3. The second kappa shape index (κ2) is 7.60. The fourth-order valence-corrected chi connectivity index (χ4v) is 3.89. The Balaban J connectivity index is 1.79. The van der Waals surface area contributed by atoms with Crippen LogP contribution in [0.25, 0.3) is 11.0 Å². The van der Waals surface area contributed by atoms with Crippen LogP contribution in [0.4, 0.5) is 5.69 Å². The van der Waals surface area contributed by atoms with Crippen LogP contribution in [0.3, 0.4) is 0 Å². The van der Waals surface area contributed by atoms with Gasteiger partial charge in [0.15, 0.2) is 0 Å². The number of rotatable bonds is 5. The number of fused-ring (bicyclic) bond motifs is 1. The lowest BCUT2D eigenvalue weighted by Gasteiger charge is -2.15. The minimum atomic E-state index is -0.216. The molecule has 0 aliphatic heterocycles. The molecule has 7 heteroatoms. The van der Waals surface area contributed by atoms with Crippen LogP contribution < -0.4 is 11.0 Å². The van der Waals surface area contributed by atoms with Crippen molar-refractivity contribution >= 4 is 46.0 Å². The standard InChI is InChI=1S/C19H20ClN3O2S/c1-4-17(26-14-8-5-12(20)6-9-14)18(24)21-13-7-10-15-16(11-13)23(3)19(25)22(15)2/h5-11,17H,4H2,1-3H3,(H,21,24)/t17-/m1/s1. The Hall–Kier alpha value is -2.18. The summed E-state index contributed by atoms with van der Waals surface area (Å²) >= 11 is 7.42. The molecule has 0 bridgehead atoms. The molecule has 0 fully saturated rings. The predicted octanol–water partition coefficient (Wildman–Crippen LogP) is 4.04. The summed E-state index contributed by atoms with van der Waals surface area (Å²) in [5.41, 5.74) is 2.21. The normalized spacial score (nSPS) is 12.3. The number of nitrogens with one attached hydrogen (secondary N) is 1. The van der Waals surface area contributed by atoms with Crippen molar-refractivity contribution in [2.75, 3.05) is 5.32 Å². The lowest BCUT2D eigenvalue weighted by atomic mass is 10.2. The third kappa shape index (κ3) is 3.66. The highest BCUT2D eigenvalue weighted by molar-refractivity contribution is 8.00. The van der Waals surface area contributed by atoms with Crippen molar-refractivity contribution in [2.45, 2.75) is 23.5 Å². The smallest absolute Gasteiger partial charge is 0.325 e. The molecule has 0 radical (unpaired) electrons. The molecule has 0 saturated heterocycles. The Labute approximate surface area is 161 Å². The SMILES string of the molecule is CC[C@@H](Sc1ccc(Cl)cc1)C(=O)Nc1ccc2c(c1)n(C)c(=O)n2C. The van der Waals surface area contributed by atoms with Gasteiger partial charge in [-0.3, -0.25) is 13.9 Å². The van der Waals surface area contributed by atoms with Crippen LogP contribution >= 0.6 is 23.4 Å². The summed E-state index contributed by atoms with van der Waals surface area (Å²) in [4.78, 5) is 25.7. The van der Waals surface area contributed by atoms with E-state index < -0.39 is 0 Å². The summed E-state index contributed by atoms with van der Waals surface area (Å²) in [6.07, 6.45) is 0.700. The Bertz CT molecular complexity index is 1010. The molecule has 5 nitrogen and oxygen atoms in total. The van der Waals surface area contributed by atoms with Gasteiger partial charge in [0.25, 0.3) is 0 Å². The maximum Gasteiger partial charge on any atom is 0.328 e. The van der Waals surface area contributed by atoms with Gasteiger partial charge >= 0.3 is 5.69 Å². The molecule has 0 aliphatic carbocycles. The van der Waals surface area contributed by atoms with E-state index in [1.165, 1.54) is 11.8 Å². The van der Waals surface area contributed by atoms with E-state index in [-0.39, 0.29) is 16.8 Å². The second-order valence-corrected chi connectivity index (χ2v) is 7.77. The number of aromatic nitrogens is 2. The maximum absolute atomic E-state index is 12.7. The van der Waals surface area contributed by atoms with Gasteiger partial charge in [0.1, 0.15) is 0 Å². The highest BCUT2D eigenvalue weighted by atomic mass is 35.5. The zero-order valence-corrected chi connectivity index (χ0v) is 16.4. The third-order valence-electron chi connectivity index (χ3n) is 4.29. The van der Waals surface area contributed by atoms with Crippen LogP contribution in [0, 0.1) is 0 Å². The quantitative estimate of drug-likeness (QED) is 0.670. The molecule has 3 aromatic rings. The minimum Gasteiger partial charge on any atom is -0.325 e. The lowest BCUT2D eigenvalue weighted by molar-refractivity contribution is -0.115. The molecule has 1 amide bonds. The van der Waals surface area contributed by atoms with E-state index in [1.807, 2.05) is 49.4 Å². The first-order valence-corrected chi connectivity index (χ1v) is 9.55. The van der Waals surface area contributed by atoms with Gasteiger partial charge in [-0.05, 0) is 48.9 Å². The van der Waals surface area contributed by atoms with Crippen molar-refractivity contribution in [2.24, 2.45) is 14.1 Å². The van der Waals surface area contributed by atoms with Crippen LogP contribution in [0.2, 0.25) is 5.02 Å². The molecule has 26 heavy (non-hydrogen) atoms. The topological polar surface area (TPSA) is 56.0 Å². The number of anilines is 1. The number of imidazole rings is 1. The molecule has 0 saturated carbocycles. The molecule has 1 aromatic heterocycles. The zero-order valence-electron chi connectivity index (χ0n) is 14.8. The van der Waals surface area contributed by atoms with E-state index in [1.54, 1.807) is 23.2 Å². The summed E-state index contributed by atoms with van der Waals surface area (Å²) < 4.78 is 3.16. The summed E-state index contributed by atoms with van der Waals surface area (Å²) in [6.45, 7) is 1.98. The zero-order chi connectivity index (χ0) is 18.8. The van der Waals surface area contributed by atoms with Gasteiger partial charge < -0.3 is 5.32 Å². The maximum atomic E-state index is 12.7. The molecule has 1 heterocycles.